The standard InChI is InChI=1S/C19H24FN5O/c20-15-9-7-14(8-10-15)13-24-11-3-1-5-16(24)18(26)21-19-23-22-17-6-2-4-12-25(17)19/h7-10,16H,1-6,11-13H2,(H,21,23,26). The number of likely N-dealkylation sites (tertiary alicyclic amines) is 1. The molecule has 0 radical (unpaired) electrons. The van der Waals surface area contributed by atoms with Crippen molar-refractivity contribution in [1.82, 2.24) is 19.7 Å². The number of rotatable bonds is 4. The fourth-order valence-electron chi connectivity index (χ4n) is 3.90. The molecule has 1 N–H and O–H groups in total. The summed E-state index contributed by atoms with van der Waals surface area (Å²) >= 11 is 0. The third kappa shape index (κ3) is 3.62. The molecular weight excluding hydrogens is 333 g/mol. The van der Waals surface area contributed by atoms with Gasteiger partial charge >= 0.3 is 0 Å². The van der Waals surface area contributed by atoms with Crippen LogP contribution in [0.15, 0.2) is 24.3 Å². The minimum atomic E-state index is -0.238. The van der Waals surface area contributed by atoms with Gasteiger partial charge in [0.1, 0.15) is 11.6 Å². The summed E-state index contributed by atoms with van der Waals surface area (Å²) in [5, 5.41) is 11.4. The second-order valence-electron chi connectivity index (χ2n) is 7.15. The van der Waals surface area contributed by atoms with Crippen molar-refractivity contribution in [1.29, 1.82) is 0 Å². The maximum atomic E-state index is 13.1. The van der Waals surface area contributed by atoms with Crippen LogP contribution in [0.25, 0.3) is 0 Å². The summed E-state index contributed by atoms with van der Waals surface area (Å²) in [6, 6.07) is 6.32. The summed E-state index contributed by atoms with van der Waals surface area (Å²) in [5.74, 6) is 1.27. The first kappa shape index (κ1) is 17.1. The van der Waals surface area contributed by atoms with Gasteiger partial charge in [-0.15, -0.1) is 10.2 Å². The first-order valence-electron chi connectivity index (χ1n) is 9.42. The lowest BCUT2D eigenvalue weighted by molar-refractivity contribution is -0.122. The number of carbonyl (C=O) groups excluding carboxylic acids is 1. The Kier molecular flexibility index (Phi) is 4.97. The predicted octanol–water partition coefficient (Wildman–Crippen LogP) is 2.75. The van der Waals surface area contributed by atoms with Gasteiger partial charge in [-0.3, -0.25) is 19.6 Å². The van der Waals surface area contributed by atoms with E-state index in [0.29, 0.717) is 12.5 Å². The van der Waals surface area contributed by atoms with Crippen molar-refractivity contribution >= 4 is 11.9 Å². The maximum absolute atomic E-state index is 13.1. The lowest BCUT2D eigenvalue weighted by Gasteiger charge is -2.34. The van der Waals surface area contributed by atoms with Gasteiger partial charge in [0.15, 0.2) is 0 Å². The number of halogens is 1. The molecule has 0 bridgehead atoms. The molecule has 138 valence electrons. The average molecular weight is 357 g/mol. The zero-order valence-electron chi connectivity index (χ0n) is 14.8. The molecule has 1 fully saturated rings. The molecule has 6 nitrogen and oxygen atoms in total. The molecule has 3 heterocycles. The Morgan fingerprint density at radius 2 is 1.92 bits per heavy atom. The van der Waals surface area contributed by atoms with E-state index in [1.807, 2.05) is 4.57 Å². The second-order valence-corrected chi connectivity index (χ2v) is 7.15. The number of hydrogen-bond acceptors (Lipinski definition) is 4. The van der Waals surface area contributed by atoms with Crippen molar-refractivity contribution in [2.45, 2.75) is 57.7 Å². The number of aromatic nitrogens is 3. The van der Waals surface area contributed by atoms with Crippen molar-refractivity contribution in [2.24, 2.45) is 0 Å². The highest BCUT2D eigenvalue weighted by Crippen LogP contribution is 2.22. The number of anilines is 1. The van der Waals surface area contributed by atoms with Gasteiger partial charge in [-0.25, -0.2) is 4.39 Å². The molecule has 2 aliphatic heterocycles. The first-order chi connectivity index (χ1) is 12.7. The van der Waals surface area contributed by atoms with Crippen LogP contribution >= 0.6 is 0 Å². The summed E-state index contributed by atoms with van der Waals surface area (Å²) in [5.41, 5.74) is 1.02. The van der Waals surface area contributed by atoms with E-state index in [4.69, 9.17) is 0 Å². The van der Waals surface area contributed by atoms with Crippen LogP contribution in [0.1, 0.15) is 43.5 Å². The third-order valence-electron chi connectivity index (χ3n) is 5.31. The van der Waals surface area contributed by atoms with Crippen LogP contribution in [-0.2, 0) is 24.3 Å². The van der Waals surface area contributed by atoms with E-state index >= 15 is 0 Å². The molecule has 26 heavy (non-hydrogen) atoms. The Morgan fingerprint density at radius 3 is 2.77 bits per heavy atom. The monoisotopic (exact) mass is 357 g/mol. The van der Waals surface area contributed by atoms with Crippen LogP contribution < -0.4 is 5.32 Å². The number of aryl methyl sites for hydroxylation is 1. The van der Waals surface area contributed by atoms with Gasteiger partial charge in [0.05, 0.1) is 6.04 Å². The lowest BCUT2D eigenvalue weighted by Crippen LogP contribution is -2.46. The SMILES string of the molecule is O=C(Nc1nnc2n1CCCC2)C1CCCCN1Cc1ccc(F)cc1. The number of benzene rings is 1. The lowest BCUT2D eigenvalue weighted by atomic mass is 10.0. The normalized spacial score (nSPS) is 20.6. The topological polar surface area (TPSA) is 63.1 Å². The van der Waals surface area contributed by atoms with Crippen LogP contribution in [0.3, 0.4) is 0 Å². The predicted molar refractivity (Wildman–Crippen MR) is 96.0 cm³/mol. The van der Waals surface area contributed by atoms with Crippen molar-refractivity contribution < 1.29 is 9.18 Å². The Balaban J connectivity index is 1.46. The Hall–Kier alpha value is -2.28. The summed E-state index contributed by atoms with van der Waals surface area (Å²) < 4.78 is 15.1. The van der Waals surface area contributed by atoms with Crippen LogP contribution in [0.4, 0.5) is 10.3 Å². The van der Waals surface area contributed by atoms with Crippen LogP contribution in [0.5, 0.6) is 0 Å². The Labute approximate surface area is 152 Å². The highest BCUT2D eigenvalue weighted by molar-refractivity contribution is 5.93. The molecule has 4 rings (SSSR count). The van der Waals surface area contributed by atoms with Crippen LogP contribution in [0, 0.1) is 5.82 Å². The number of hydrogen-bond donors (Lipinski definition) is 1. The quantitative estimate of drug-likeness (QED) is 0.914. The smallest absolute Gasteiger partial charge is 0.244 e. The number of amides is 1. The molecule has 7 heteroatoms. The third-order valence-corrected chi connectivity index (χ3v) is 5.31. The summed E-state index contributed by atoms with van der Waals surface area (Å²) in [7, 11) is 0. The van der Waals surface area contributed by atoms with Gasteiger partial charge in [0, 0.05) is 19.5 Å². The van der Waals surface area contributed by atoms with Gasteiger partial charge < -0.3 is 0 Å². The van der Waals surface area contributed by atoms with Crippen molar-refractivity contribution in [3.8, 4) is 0 Å². The van der Waals surface area contributed by atoms with Crippen LogP contribution in [0.2, 0.25) is 0 Å². The molecule has 0 saturated carbocycles. The second kappa shape index (κ2) is 7.53. The van der Waals surface area contributed by atoms with E-state index < -0.39 is 0 Å². The maximum Gasteiger partial charge on any atom is 0.244 e. The van der Waals surface area contributed by atoms with Crippen LogP contribution in [-0.4, -0.2) is 38.2 Å². The van der Waals surface area contributed by atoms with Gasteiger partial charge in [-0.2, -0.15) is 0 Å². The van der Waals surface area contributed by atoms with E-state index in [1.54, 1.807) is 12.1 Å². The Morgan fingerprint density at radius 1 is 1.12 bits per heavy atom. The zero-order chi connectivity index (χ0) is 17.9. The number of piperidine rings is 1. The molecule has 1 aromatic heterocycles. The molecular formula is C19H24FN5O. The molecule has 0 spiro atoms. The zero-order valence-corrected chi connectivity index (χ0v) is 14.8. The van der Waals surface area contributed by atoms with E-state index in [-0.39, 0.29) is 17.8 Å². The van der Waals surface area contributed by atoms with Gasteiger partial charge in [0.2, 0.25) is 11.9 Å². The average Bonchev–Trinajstić information content (AvgIpc) is 3.07. The van der Waals surface area contributed by atoms with Crippen molar-refractivity contribution in [2.75, 3.05) is 11.9 Å². The first-order valence-corrected chi connectivity index (χ1v) is 9.42. The molecule has 2 aliphatic rings. The van der Waals surface area contributed by atoms with E-state index in [0.717, 1.165) is 63.0 Å². The molecule has 1 saturated heterocycles. The number of nitrogens with one attached hydrogen (secondary N) is 1. The molecule has 1 aromatic carbocycles. The van der Waals surface area contributed by atoms with Gasteiger partial charge in [0.25, 0.3) is 0 Å². The van der Waals surface area contributed by atoms with Crippen molar-refractivity contribution in [3.05, 3.63) is 41.5 Å². The fourth-order valence-corrected chi connectivity index (χ4v) is 3.90. The highest BCUT2D eigenvalue weighted by atomic mass is 19.1. The molecule has 2 aromatic rings. The molecule has 0 aliphatic carbocycles. The van der Waals surface area contributed by atoms with E-state index in [2.05, 4.69) is 20.4 Å². The number of nitrogens with zero attached hydrogens (tertiary/aromatic N) is 4. The minimum Gasteiger partial charge on any atom is -0.297 e. The molecule has 1 amide bonds. The largest absolute Gasteiger partial charge is 0.297 e. The number of carbonyl (C=O) groups is 1. The summed E-state index contributed by atoms with van der Waals surface area (Å²) in [6.45, 7) is 2.38. The van der Waals surface area contributed by atoms with Gasteiger partial charge in [-0.05, 0) is 49.9 Å². The molecule has 1 atom stereocenters. The van der Waals surface area contributed by atoms with E-state index in [1.165, 1.54) is 12.1 Å². The fraction of sp³-hybridized carbons (Fsp3) is 0.526. The Bertz CT molecular complexity index is 773. The van der Waals surface area contributed by atoms with Gasteiger partial charge in [-0.1, -0.05) is 18.6 Å². The molecule has 1 unspecified atom stereocenters. The summed E-state index contributed by atoms with van der Waals surface area (Å²) in [6.07, 6.45) is 6.08. The minimum absolute atomic E-state index is 0.0208. The van der Waals surface area contributed by atoms with Crippen molar-refractivity contribution in [3.63, 3.8) is 0 Å². The number of fused-ring (bicyclic) bond motifs is 1. The summed E-state index contributed by atoms with van der Waals surface area (Å²) in [4.78, 5) is 15.1. The highest BCUT2D eigenvalue weighted by Gasteiger charge is 2.30. The van der Waals surface area contributed by atoms with E-state index in [9.17, 15) is 9.18 Å².